The van der Waals surface area contributed by atoms with Gasteiger partial charge in [-0.05, 0) is 6.07 Å². The Morgan fingerprint density at radius 2 is 2.19 bits per heavy atom. The zero-order chi connectivity index (χ0) is 11.5. The van der Waals surface area contributed by atoms with E-state index in [4.69, 9.17) is 4.74 Å². The number of aromatic nitrogens is 3. The van der Waals surface area contributed by atoms with E-state index < -0.39 is 6.10 Å². The molecule has 1 unspecified atom stereocenters. The maximum atomic E-state index is 10.1. The topological polar surface area (TPSA) is 60.2 Å². The zero-order valence-electron chi connectivity index (χ0n) is 9.16. The minimum atomic E-state index is -0.765. The molecule has 0 aliphatic carbocycles. The van der Waals surface area contributed by atoms with Gasteiger partial charge in [-0.3, -0.25) is 0 Å². The van der Waals surface area contributed by atoms with E-state index >= 15 is 0 Å². The summed E-state index contributed by atoms with van der Waals surface area (Å²) in [5.74, 6) is 1.11. The molecule has 0 radical (unpaired) electrons. The van der Waals surface area contributed by atoms with Gasteiger partial charge in [0.1, 0.15) is 11.9 Å². The summed E-state index contributed by atoms with van der Waals surface area (Å²) in [7, 11) is 3.39. The predicted octanol–water partition coefficient (Wildman–Crippen LogP) is 0.905. The third-order valence-corrected chi connectivity index (χ3v) is 2.39. The number of imidazole rings is 1. The Labute approximate surface area is 93.3 Å². The van der Waals surface area contributed by atoms with Crippen molar-refractivity contribution >= 4 is 0 Å². The van der Waals surface area contributed by atoms with Crippen molar-refractivity contribution in [2.75, 3.05) is 7.11 Å². The average molecular weight is 219 g/mol. The van der Waals surface area contributed by atoms with Crippen molar-refractivity contribution in [2.24, 2.45) is 7.05 Å². The first-order chi connectivity index (χ1) is 7.72. The molecule has 0 saturated carbocycles. The molecule has 0 aromatic carbocycles. The van der Waals surface area contributed by atoms with Crippen molar-refractivity contribution in [3.05, 3.63) is 42.1 Å². The summed E-state index contributed by atoms with van der Waals surface area (Å²) in [6.07, 6.45) is 4.25. The van der Waals surface area contributed by atoms with Crippen LogP contribution in [0.5, 0.6) is 5.88 Å². The zero-order valence-corrected chi connectivity index (χ0v) is 9.16. The molecule has 5 heteroatoms. The Kier molecular flexibility index (Phi) is 2.87. The number of aliphatic hydroxyl groups is 1. The molecule has 1 atom stereocenters. The molecule has 0 spiro atoms. The van der Waals surface area contributed by atoms with E-state index in [1.807, 2.05) is 7.05 Å². The van der Waals surface area contributed by atoms with Crippen LogP contribution in [0.1, 0.15) is 17.5 Å². The lowest BCUT2D eigenvalue weighted by Gasteiger charge is -2.10. The van der Waals surface area contributed by atoms with Crippen molar-refractivity contribution < 1.29 is 9.84 Å². The molecule has 2 aromatic heterocycles. The first-order valence-corrected chi connectivity index (χ1v) is 4.87. The molecule has 0 amide bonds. The van der Waals surface area contributed by atoms with Crippen LogP contribution in [0.4, 0.5) is 0 Å². The number of rotatable bonds is 3. The Morgan fingerprint density at radius 3 is 2.69 bits per heavy atom. The summed E-state index contributed by atoms with van der Waals surface area (Å²) in [5, 5.41) is 10.1. The number of aryl methyl sites for hydroxylation is 1. The fraction of sp³-hybridized carbons (Fsp3) is 0.273. The third-order valence-electron chi connectivity index (χ3n) is 2.39. The van der Waals surface area contributed by atoms with Gasteiger partial charge >= 0.3 is 0 Å². The predicted molar refractivity (Wildman–Crippen MR) is 58.1 cm³/mol. The molecule has 2 heterocycles. The second kappa shape index (κ2) is 4.32. The van der Waals surface area contributed by atoms with E-state index in [2.05, 4.69) is 9.97 Å². The lowest BCUT2D eigenvalue weighted by atomic mass is 10.1. The Hall–Kier alpha value is -1.88. The fourth-order valence-electron chi connectivity index (χ4n) is 1.46. The van der Waals surface area contributed by atoms with Gasteiger partial charge < -0.3 is 14.4 Å². The molecule has 5 nitrogen and oxygen atoms in total. The van der Waals surface area contributed by atoms with Crippen LogP contribution in [-0.4, -0.2) is 26.8 Å². The summed E-state index contributed by atoms with van der Waals surface area (Å²) in [6.45, 7) is 0. The van der Waals surface area contributed by atoms with Crippen molar-refractivity contribution in [2.45, 2.75) is 6.10 Å². The Balaban J connectivity index is 2.27. The van der Waals surface area contributed by atoms with Gasteiger partial charge in [-0.15, -0.1) is 0 Å². The van der Waals surface area contributed by atoms with Gasteiger partial charge in [-0.25, -0.2) is 9.97 Å². The van der Waals surface area contributed by atoms with Crippen LogP contribution >= 0.6 is 0 Å². The van der Waals surface area contributed by atoms with Crippen molar-refractivity contribution in [1.82, 2.24) is 14.5 Å². The quantitative estimate of drug-likeness (QED) is 0.833. The van der Waals surface area contributed by atoms with Crippen LogP contribution in [0.25, 0.3) is 0 Å². The molecular weight excluding hydrogens is 206 g/mol. The molecular formula is C11H13N3O2. The van der Waals surface area contributed by atoms with Crippen LogP contribution in [0, 0.1) is 0 Å². The van der Waals surface area contributed by atoms with Gasteiger partial charge in [0, 0.05) is 37.3 Å². The maximum absolute atomic E-state index is 10.1. The SMILES string of the molecule is COc1ccc(C(O)c2nccn2C)cn1. The van der Waals surface area contributed by atoms with Crippen molar-refractivity contribution in [1.29, 1.82) is 0 Å². The van der Waals surface area contributed by atoms with Crippen LogP contribution in [0.3, 0.4) is 0 Å². The molecule has 1 N–H and O–H groups in total. The van der Waals surface area contributed by atoms with E-state index in [1.54, 1.807) is 42.4 Å². The van der Waals surface area contributed by atoms with E-state index in [1.165, 1.54) is 0 Å². The average Bonchev–Trinajstić information content (AvgIpc) is 2.75. The van der Waals surface area contributed by atoms with Crippen molar-refractivity contribution in [3.8, 4) is 5.88 Å². The highest BCUT2D eigenvalue weighted by molar-refractivity contribution is 5.23. The molecule has 2 aromatic rings. The number of hydrogen-bond acceptors (Lipinski definition) is 4. The second-order valence-electron chi connectivity index (χ2n) is 3.43. The molecule has 16 heavy (non-hydrogen) atoms. The number of hydrogen-bond donors (Lipinski definition) is 1. The smallest absolute Gasteiger partial charge is 0.212 e. The minimum absolute atomic E-state index is 0.524. The number of nitrogens with zero attached hydrogens (tertiary/aromatic N) is 3. The van der Waals surface area contributed by atoms with Gasteiger partial charge in [0.15, 0.2) is 0 Å². The number of aliphatic hydroxyl groups excluding tert-OH is 1. The largest absolute Gasteiger partial charge is 0.481 e. The van der Waals surface area contributed by atoms with E-state index in [0.717, 1.165) is 0 Å². The standard InChI is InChI=1S/C11H13N3O2/c1-14-6-5-12-11(14)10(15)8-3-4-9(16-2)13-7-8/h3-7,10,15H,1-2H3. The molecule has 0 bridgehead atoms. The lowest BCUT2D eigenvalue weighted by molar-refractivity contribution is 0.205. The molecule has 0 aliphatic heterocycles. The molecule has 0 saturated heterocycles. The lowest BCUT2D eigenvalue weighted by Crippen LogP contribution is -2.07. The molecule has 0 aliphatic rings. The first-order valence-electron chi connectivity index (χ1n) is 4.87. The van der Waals surface area contributed by atoms with E-state index in [9.17, 15) is 5.11 Å². The highest BCUT2D eigenvalue weighted by Gasteiger charge is 2.14. The van der Waals surface area contributed by atoms with E-state index in [0.29, 0.717) is 17.3 Å². The second-order valence-corrected chi connectivity index (χ2v) is 3.43. The van der Waals surface area contributed by atoms with Gasteiger partial charge in [0.25, 0.3) is 0 Å². The Morgan fingerprint density at radius 1 is 1.38 bits per heavy atom. The fourth-order valence-corrected chi connectivity index (χ4v) is 1.46. The third kappa shape index (κ3) is 1.90. The van der Waals surface area contributed by atoms with Crippen molar-refractivity contribution in [3.63, 3.8) is 0 Å². The van der Waals surface area contributed by atoms with Crippen LogP contribution in [0.15, 0.2) is 30.7 Å². The summed E-state index contributed by atoms with van der Waals surface area (Å²) >= 11 is 0. The summed E-state index contributed by atoms with van der Waals surface area (Å²) in [6, 6.07) is 3.48. The molecule has 0 fully saturated rings. The van der Waals surface area contributed by atoms with E-state index in [-0.39, 0.29) is 0 Å². The van der Waals surface area contributed by atoms with Gasteiger partial charge in [-0.2, -0.15) is 0 Å². The molecule has 84 valence electrons. The summed E-state index contributed by atoms with van der Waals surface area (Å²) < 4.78 is 6.72. The highest BCUT2D eigenvalue weighted by atomic mass is 16.5. The van der Waals surface area contributed by atoms with Crippen LogP contribution in [0.2, 0.25) is 0 Å². The summed E-state index contributed by atoms with van der Waals surface area (Å²) in [4.78, 5) is 8.13. The first kappa shape index (κ1) is 10.6. The number of ether oxygens (including phenoxy) is 1. The van der Waals surface area contributed by atoms with Crippen LogP contribution in [-0.2, 0) is 7.05 Å². The van der Waals surface area contributed by atoms with Gasteiger partial charge in [0.05, 0.1) is 7.11 Å². The monoisotopic (exact) mass is 219 g/mol. The van der Waals surface area contributed by atoms with Gasteiger partial charge in [-0.1, -0.05) is 0 Å². The Bertz CT molecular complexity index is 464. The molecule has 2 rings (SSSR count). The van der Waals surface area contributed by atoms with Gasteiger partial charge in [0.2, 0.25) is 5.88 Å². The number of pyridine rings is 1. The maximum Gasteiger partial charge on any atom is 0.212 e. The highest BCUT2D eigenvalue weighted by Crippen LogP contribution is 2.20. The normalized spacial score (nSPS) is 12.4. The number of methoxy groups -OCH3 is 1. The van der Waals surface area contributed by atoms with Crippen LogP contribution < -0.4 is 4.74 Å². The summed E-state index contributed by atoms with van der Waals surface area (Å²) in [5.41, 5.74) is 0.690. The minimum Gasteiger partial charge on any atom is -0.481 e.